The van der Waals surface area contributed by atoms with Gasteiger partial charge in [0.1, 0.15) is 0 Å². The van der Waals surface area contributed by atoms with Crippen LogP contribution in [0.25, 0.3) is 0 Å². The first-order valence-electron chi connectivity index (χ1n) is 8.14. The zero-order chi connectivity index (χ0) is 13.7. The van der Waals surface area contributed by atoms with Gasteiger partial charge in [0.2, 0.25) is 5.89 Å². The Labute approximate surface area is 120 Å². The van der Waals surface area contributed by atoms with Crippen molar-refractivity contribution in [3.05, 3.63) is 11.7 Å². The smallest absolute Gasteiger partial charge is 0.226 e. The summed E-state index contributed by atoms with van der Waals surface area (Å²) < 4.78 is 5.43. The largest absolute Gasteiger partial charge is 0.393 e. The Balaban J connectivity index is 1.55. The molecule has 4 fully saturated rings. The monoisotopic (exact) mass is 276 g/mol. The lowest BCUT2D eigenvalue weighted by atomic mass is 9.49. The van der Waals surface area contributed by atoms with E-state index in [2.05, 4.69) is 10.1 Å². The molecule has 110 valence electrons. The molecular weight excluding hydrogens is 252 g/mol. The fraction of sp³-hybridized carbons (Fsp3) is 0.875. The predicted molar refractivity (Wildman–Crippen MR) is 74.1 cm³/mol. The second-order valence-electron chi connectivity index (χ2n) is 7.60. The van der Waals surface area contributed by atoms with Crippen LogP contribution in [-0.4, -0.2) is 21.4 Å². The zero-order valence-corrected chi connectivity index (χ0v) is 12.2. The van der Waals surface area contributed by atoms with Gasteiger partial charge in [-0.3, -0.25) is 0 Å². The molecule has 20 heavy (non-hydrogen) atoms. The van der Waals surface area contributed by atoms with E-state index in [1.54, 1.807) is 6.92 Å². The van der Waals surface area contributed by atoms with Gasteiger partial charge in [0.25, 0.3) is 0 Å². The molecule has 4 bridgehead atoms. The van der Waals surface area contributed by atoms with Gasteiger partial charge >= 0.3 is 0 Å². The van der Waals surface area contributed by atoms with Gasteiger partial charge in [0.15, 0.2) is 5.82 Å². The Bertz CT molecular complexity index is 459. The predicted octanol–water partition coefficient (Wildman–Crippen LogP) is 2.85. The van der Waals surface area contributed by atoms with Crippen LogP contribution in [0.1, 0.15) is 63.6 Å². The SMILES string of the molecule is CC(O)CCc1nc(C23CC4CC(CC(C4)C2)C3)no1. The van der Waals surface area contributed by atoms with E-state index in [-0.39, 0.29) is 11.5 Å². The van der Waals surface area contributed by atoms with E-state index in [0.717, 1.165) is 23.6 Å². The number of nitrogens with zero attached hydrogens (tertiary/aromatic N) is 2. The maximum atomic E-state index is 9.36. The molecule has 4 aliphatic rings. The molecule has 1 N–H and O–H groups in total. The van der Waals surface area contributed by atoms with E-state index >= 15 is 0 Å². The van der Waals surface area contributed by atoms with Gasteiger partial charge in [-0.1, -0.05) is 5.16 Å². The number of hydrogen-bond donors (Lipinski definition) is 1. The Morgan fingerprint density at radius 3 is 2.35 bits per heavy atom. The molecule has 4 nitrogen and oxygen atoms in total. The molecule has 1 aromatic rings. The molecule has 1 atom stereocenters. The summed E-state index contributed by atoms with van der Waals surface area (Å²) in [6, 6.07) is 0. The Morgan fingerprint density at radius 2 is 1.80 bits per heavy atom. The van der Waals surface area contributed by atoms with Crippen molar-refractivity contribution in [1.82, 2.24) is 10.1 Å². The third kappa shape index (κ3) is 2.09. The Hall–Kier alpha value is -0.900. The van der Waals surface area contributed by atoms with E-state index in [0.29, 0.717) is 18.7 Å². The molecule has 5 rings (SSSR count). The lowest BCUT2D eigenvalue weighted by Gasteiger charge is -2.55. The van der Waals surface area contributed by atoms with Crippen LogP contribution < -0.4 is 0 Å². The summed E-state index contributed by atoms with van der Waals surface area (Å²) in [4.78, 5) is 4.68. The average Bonchev–Trinajstić information content (AvgIpc) is 2.84. The van der Waals surface area contributed by atoms with Crippen LogP contribution in [0.3, 0.4) is 0 Å². The zero-order valence-electron chi connectivity index (χ0n) is 12.2. The maximum absolute atomic E-state index is 9.36. The summed E-state index contributed by atoms with van der Waals surface area (Å²) in [5.74, 6) is 4.39. The van der Waals surface area contributed by atoms with Gasteiger partial charge in [0.05, 0.1) is 6.10 Å². The summed E-state index contributed by atoms with van der Waals surface area (Å²) in [7, 11) is 0. The van der Waals surface area contributed by atoms with E-state index in [1.807, 2.05) is 0 Å². The van der Waals surface area contributed by atoms with Crippen molar-refractivity contribution in [2.45, 2.75) is 69.8 Å². The molecule has 0 radical (unpaired) electrons. The molecular formula is C16H24N2O2. The minimum atomic E-state index is -0.301. The number of aliphatic hydroxyl groups excluding tert-OH is 1. The van der Waals surface area contributed by atoms with Crippen molar-refractivity contribution >= 4 is 0 Å². The van der Waals surface area contributed by atoms with E-state index in [4.69, 9.17) is 4.52 Å². The van der Waals surface area contributed by atoms with E-state index < -0.39 is 0 Å². The lowest BCUT2D eigenvalue weighted by Crippen LogP contribution is -2.49. The summed E-state index contributed by atoms with van der Waals surface area (Å²) >= 11 is 0. The Morgan fingerprint density at radius 1 is 1.20 bits per heavy atom. The molecule has 4 heteroatoms. The van der Waals surface area contributed by atoms with Crippen molar-refractivity contribution in [2.75, 3.05) is 0 Å². The third-order valence-corrected chi connectivity index (χ3v) is 5.76. The fourth-order valence-electron chi connectivity index (χ4n) is 5.29. The van der Waals surface area contributed by atoms with Crippen molar-refractivity contribution in [2.24, 2.45) is 17.8 Å². The quantitative estimate of drug-likeness (QED) is 0.918. The number of hydrogen-bond acceptors (Lipinski definition) is 4. The summed E-state index contributed by atoms with van der Waals surface area (Å²) in [6.45, 7) is 1.80. The molecule has 4 aliphatic carbocycles. The highest BCUT2D eigenvalue weighted by molar-refractivity contribution is 5.16. The number of aliphatic hydroxyl groups is 1. The molecule has 0 aliphatic heterocycles. The minimum absolute atomic E-state index is 0.224. The van der Waals surface area contributed by atoms with Gasteiger partial charge in [-0.2, -0.15) is 4.98 Å². The molecule has 0 aromatic carbocycles. The molecule has 4 saturated carbocycles. The highest BCUT2D eigenvalue weighted by Gasteiger charge is 2.53. The van der Waals surface area contributed by atoms with Crippen LogP contribution in [0, 0.1) is 17.8 Å². The lowest BCUT2D eigenvalue weighted by molar-refractivity contribution is -0.0103. The number of aryl methyl sites for hydroxylation is 1. The molecule has 1 unspecified atom stereocenters. The normalized spacial score (nSPS) is 40.2. The number of rotatable bonds is 4. The van der Waals surface area contributed by atoms with Gasteiger partial charge in [-0.05, 0) is 69.6 Å². The van der Waals surface area contributed by atoms with Gasteiger partial charge in [0, 0.05) is 11.8 Å². The van der Waals surface area contributed by atoms with E-state index in [1.165, 1.54) is 38.5 Å². The molecule has 0 saturated heterocycles. The maximum Gasteiger partial charge on any atom is 0.226 e. The summed E-state index contributed by atoms with van der Waals surface area (Å²) in [5.41, 5.74) is 0.224. The van der Waals surface area contributed by atoms with Crippen molar-refractivity contribution in [3.63, 3.8) is 0 Å². The first-order chi connectivity index (χ1) is 9.63. The van der Waals surface area contributed by atoms with Crippen LogP contribution in [0.2, 0.25) is 0 Å². The van der Waals surface area contributed by atoms with Crippen LogP contribution in [0.5, 0.6) is 0 Å². The van der Waals surface area contributed by atoms with Crippen LogP contribution in [-0.2, 0) is 11.8 Å². The molecule has 1 heterocycles. The van der Waals surface area contributed by atoms with E-state index in [9.17, 15) is 5.11 Å². The highest BCUT2D eigenvalue weighted by Crippen LogP contribution is 2.60. The molecule has 1 aromatic heterocycles. The van der Waals surface area contributed by atoms with Gasteiger partial charge in [-0.25, -0.2) is 0 Å². The molecule has 0 spiro atoms. The summed E-state index contributed by atoms with van der Waals surface area (Å²) in [5, 5.41) is 13.7. The topological polar surface area (TPSA) is 59.2 Å². The first-order valence-corrected chi connectivity index (χ1v) is 8.14. The second-order valence-corrected chi connectivity index (χ2v) is 7.60. The standard InChI is InChI=1S/C16H24N2O2/c1-10(19)2-3-14-17-15(18-20-14)16-7-11-4-12(8-16)6-13(5-11)9-16/h10-13,19H,2-9H2,1H3. The molecule has 0 amide bonds. The minimum Gasteiger partial charge on any atom is -0.393 e. The van der Waals surface area contributed by atoms with Gasteiger partial charge < -0.3 is 9.63 Å². The van der Waals surface area contributed by atoms with Gasteiger partial charge in [-0.15, -0.1) is 0 Å². The number of aromatic nitrogens is 2. The van der Waals surface area contributed by atoms with Crippen molar-refractivity contribution in [3.8, 4) is 0 Å². The Kier molecular flexibility index (Phi) is 2.92. The fourth-order valence-corrected chi connectivity index (χ4v) is 5.29. The summed E-state index contributed by atoms with van der Waals surface area (Å²) in [6.07, 6.45) is 9.21. The van der Waals surface area contributed by atoms with Crippen LogP contribution in [0.4, 0.5) is 0 Å². The second kappa shape index (κ2) is 4.55. The van der Waals surface area contributed by atoms with Crippen molar-refractivity contribution in [1.29, 1.82) is 0 Å². The van der Waals surface area contributed by atoms with Crippen molar-refractivity contribution < 1.29 is 9.63 Å². The highest BCUT2D eigenvalue weighted by atomic mass is 16.5. The average molecular weight is 276 g/mol. The van der Waals surface area contributed by atoms with Crippen LogP contribution >= 0.6 is 0 Å². The van der Waals surface area contributed by atoms with Crippen LogP contribution in [0.15, 0.2) is 4.52 Å². The third-order valence-electron chi connectivity index (χ3n) is 5.76. The first kappa shape index (κ1) is 12.8.